The number of nitrogens with two attached hydrogens (primary N) is 1. The van der Waals surface area contributed by atoms with Gasteiger partial charge in [0.25, 0.3) is 5.69 Å². The Kier molecular flexibility index (Phi) is 3.29. The van der Waals surface area contributed by atoms with Gasteiger partial charge in [-0.15, -0.1) is 0 Å². The summed E-state index contributed by atoms with van der Waals surface area (Å²) < 4.78 is 0. The highest BCUT2D eigenvalue weighted by Crippen LogP contribution is 2.15. The number of aromatic nitrogens is 1. The number of hydrogen-bond donors (Lipinski definition) is 2. The molecule has 1 unspecified atom stereocenters. The second kappa shape index (κ2) is 4.47. The quantitative estimate of drug-likeness (QED) is 0.551. The molecule has 0 aliphatic carbocycles. The standard InChI is InChI=1S/C8H9N3O4/c9-6(3-8(12)13)7-2-1-5(4-10-7)11(14)15/h1-2,4,6H,3,9H2,(H,12,13). The van der Waals surface area contributed by atoms with Crippen molar-refractivity contribution < 1.29 is 14.8 Å². The summed E-state index contributed by atoms with van der Waals surface area (Å²) in [6.07, 6.45) is 0.794. The van der Waals surface area contributed by atoms with Gasteiger partial charge in [-0.05, 0) is 6.07 Å². The first-order valence-electron chi connectivity index (χ1n) is 4.08. The molecule has 0 aliphatic rings. The van der Waals surface area contributed by atoms with Crippen LogP contribution in [-0.2, 0) is 4.79 Å². The second-order valence-electron chi connectivity index (χ2n) is 2.90. The number of carbonyl (C=O) groups is 1. The zero-order chi connectivity index (χ0) is 11.4. The number of carboxylic acid groups (broad SMARTS) is 1. The summed E-state index contributed by atoms with van der Waals surface area (Å²) >= 11 is 0. The van der Waals surface area contributed by atoms with Gasteiger partial charge in [-0.3, -0.25) is 19.9 Å². The van der Waals surface area contributed by atoms with Crippen molar-refractivity contribution in [3.05, 3.63) is 34.1 Å². The number of pyridine rings is 1. The van der Waals surface area contributed by atoms with Gasteiger partial charge in [-0.25, -0.2) is 0 Å². The molecular weight excluding hydrogens is 202 g/mol. The first kappa shape index (κ1) is 11.1. The van der Waals surface area contributed by atoms with Gasteiger partial charge in [-0.2, -0.15) is 0 Å². The van der Waals surface area contributed by atoms with Crippen molar-refractivity contribution in [2.24, 2.45) is 5.73 Å². The molecule has 3 N–H and O–H groups in total. The maximum Gasteiger partial charge on any atom is 0.305 e. The molecule has 0 fully saturated rings. The Hall–Kier alpha value is -2.02. The minimum Gasteiger partial charge on any atom is -0.481 e. The molecule has 7 nitrogen and oxygen atoms in total. The molecule has 0 spiro atoms. The van der Waals surface area contributed by atoms with Crippen LogP contribution >= 0.6 is 0 Å². The van der Waals surface area contributed by atoms with E-state index in [-0.39, 0.29) is 12.1 Å². The zero-order valence-electron chi connectivity index (χ0n) is 7.66. The van der Waals surface area contributed by atoms with Crippen molar-refractivity contribution in [2.45, 2.75) is 12.5 Å². The van der Waals surface area contributed by atoms with E-state index in [1.54, 1.807) is 0 Å². The van der Waals surface area contributed by atoms with Gasteiger partial charge in [0.1, 0.15) is 6.20 Å². The van der Waals surface area contributed by atoms with Gasteiger partial charge in [0.15, 0.2) is 0 Å². The molecule has 1 rings (SSSR count). The topological polar surface area (TPSA) is 119 Å². The summed E-state index contributed by atoms with van der Waals surface area (Å²) in [5.41, 5.74) is 5.68. The van der Waals surface area contributed by atoms with E-state index in [0.29, 0.717) is 5.69 Å². The van der Waals surface area contributed by atoms with Gasteiger partial charge in [0, 0.05) is 6.07 Å². The van der Waals surface area contributed by atoms with Crippen molar-refractivity contribution in [1.29, 1.82) is 0 Å². The molecule has 1 aromatic heterocycles. The average Bonchev–Trinajstić information content (AvgIpc) is 2.17. The molecular formula is C8H9N3O4. The van der Waals surface area contributed by atoms with Crippen LogP contribution < -0.4 is 5.73 Å². The summed E-state index contributed by atoms with van der Waals surface area (Å²) in [5, 5.41) is 18.8. The Balaban J connectivity index is 2.79. The van der Waals surface area contributed by atoms with Crippen LogP contribution in [-0.4, -0.2) is 21.0 Å². The Labute approximate surface area is 84.7 Å². The third-order valence-corrected chi connectivity index (χ3v) is 1.76. The fourth-order valence-electron chi connectivity index (χ4n) is 1.02. The number of nitro groups is 1. The van der Waals surface area contributed by atoms with Crippen LogP contribution in [0.2, 0.25) is 0 Å². The minimum absolute atomic E-state index is 0.152. The van der Waals surface area contributed by atoms with E-state index in [2.05, 4.69) is 4.98 Å². The smallest absolute Gasteiger partial charge is 0.305 e. The van der Waals surface area contributed by atoms with Gasteiger partial charge in [0.05, 0.1) is 23.1 Å². The number of carboxylic acids is 1. The minimum atomic E-state index is -1.04. The maximum atomic E-state index is 10.3. The van der Waals surface area contributed by atoms with Crippen LogP contribution in [0, 0.1) is 10.1 Å². The second-order valence-corrected chi connectivity index (χ2v) is 2.90. The van der Waals surface area contributed by atoms with Crippen molar-refractivity contribution >= 4 is 11.7 Å². The Morgan fingerprint density at radius 1 is 1.67 bits per heavy atom. The van der Waals surface area contributed by atoms with Crippen molar-refractivity contribution in [1.82, 2.24) is 4.98 Å². The summed E-state index contributed by atoms with van der Waals surface area (Å²) in [5.74, 6) is -1.04. The van der Waals surface area contributed by atoms with E-state index in [1.165, 1.54) is 12.1 Å². The summed E-state index contributed by atoms with van der Waals surface area (Å²) in [6, 6.07) is 1.85. The van der Waals surface area contributed by atoms with Crippen molar-refractivity contribution in [3.8, 4) is 0 Å². The molecule has 1 atom stereocenters. The first-order valence-corrected chi connectivity index (χ1v) is 4.08. The molecule has 0 saturated heterocycles. The number of aliphatic carboxylic acids is 1. The lowest BCUT2D eigenvalue weighted by Gasteiger charge is -2.06. The summed E-state index contributed by atoms with van der Waals surface area (Å²) in [7, 11) is 0. The van der Waals surface area contributed by atoms with Gasteiger partial charge < -0.3 is 10.8 Å². The van der Waals surface area contributed by atoms with E-state index >= 15 is 0 Å². The lowest BCUT2D eigenvalue weighted by atomic mass is 10.1. The first-order chi connectivity index (χ1) is 7.00. The molecule has 1 aromatic rings. The molecule has 7 heteroatoms. The fourth-order valence-corrected chi connectivity index (χ4v) is 1.02. The summed E-state index contributed by atoms with van der Waals surface area (Å²) in [4.78, 5) is 23.8. The van der Waals surface area contributed by atoms with Gasteiger partial charge in [-0.1, -0.05) is 0 Å². The third-order valence-electron chi connectivity index (χ3n) is 1.76. The fraction of sp³-hybridized carbons (Fsp3) is 0.250. The Morgan fingerprint density at radius 2 is 2.33 bits per heavy atom. The lowest BCUT2D eigenvalue weighted by molar-refractivity contribution is -0.385. The molecule has 0 bridgehead atoms. The molecule has 1 heterocycles. The van der Waals surface area contributed by atoms with E-state index in [9.17, 15) is 14.9 Å². The summed E-state index contributed by atoms with van der Waals surface area (Å²) in [6.45, 7) is 0. The van der Waals surface area contributed by atoms with Crippen LogP contribution in [0.5, 0.6) is 0 Å². The van der Waals surface area contributed by atoms with Crippen molar-refractivity contribution in [3.63, 3.8) is 0 Å². The zero-order valence-corrected chi connectivity index (χ0v) is 7.66. The van der Waals surface area contributed by atoms with E-state index < -0.39 is 16.9 Å². The Bertz CT molecular complexity index is 376. The van der Waals surface area contributed by atoms with Crippen LogP contribution in [0.15, 0.2) is 18.3 Å². The monoisotopic (exact) mass is 211 g/mol. The lowest BCUT2D eigenvalue weighted by Crippen LogP contribution is -2.16. The largest absolute Gasteiger partial charge is 0.481 e. The van der Waals surface area contributed by atoms with Gasteiger partial charge >= 0.3 is 5.97 Å². The van der Waals surface area contributed by atoms with Crippen LogP contribution in [0.4, 0.5) is 5.69 Å². The third kappa shape index (κ3) is 2.99. The van der Waals surface area contributed by atoms with E-state index in [4.69, 9.17) is 10.8 Å². The average molecular weight is 211 g/mol. The maximum absolute atomic E-state index is 10.3. The van der Waals surface area contributed by atoms with E-state index in [1.807, 2.05) is 0 Å². The molecule has 0 radical (unpaired) electrons. The molecule has 0 amide bonds. The molecule has 0 saturated carbocycles. The van der Waals surface area contributed by atoms with Crippen LogP contribution in [0.25, 0.3) is 0 Å². The highest BCUT2D eigenvalue weighted by Gasteiger charge is 2.13. The van der Waals surface area contributed by atoms with Gasteiger partial charge in [0.2, 0.25) is 0 Å². The predicted octanol–water partition coefficient (Wildman–Crippen LogP) is 0.464. The SMILES string of the molecule is NC(CC(=O)O)c1ccc([N+](=O)[O-])cn1. The predicted molar refractivity (Wildman–Crippen MR) is 50.1 cm³/mol. The van der Waals surface area contributed by atoms with Crippen LogP contribution in [0.1, 0.15) is 18.2 Å². The number of rotatable bonds is 4. The van der Waals surface area contributed by atoms with Crippen molar-refractivity contribution in [2.75, 3.05) is 0 Å². The Morgan fingerprint density at radius 3 is 2.73 bits per heavy atom. The number of hydrogen-bond acceptors (Lipinski definition) is 5. The number of nitrogens with zero attached hydrogens (tertiary/aromatic N) is 2. The molecule has 80 valence electrons. The molecule has 15 heavy (non-hydrogen) atoms. The highest BCUT2D eigenvalue weighted by atomic mass is 16.6. The van der Waals surface area contributed by atoms with Crippen LogP contribution in [0.3, 0.4) is 0 Å². The normalized spacial score (nSPS) is 12.1. The molecule has 0 aliphatic heterocycles. The molecule has 0 aromatic carbocycles. The van der Waals surface area contributed by atoms with E-state index in [0.717, 1.165) is 6.20 Å². The highest BCUT2D eigenvalue weighted by molar-refractivity contribution is 5.67.